The monoisotopic (exact) mass is 369 g/mol. The van der Waals surface area contributed by atoms with Gasteiger partial charge in [-0.25, -0.2) is 0 Å². The molecule has 1 N–H and O–H groups in total. The van der Waals surface area contributed by atoms with Crippen molar-refractivity contribution < 1.29 is 4.79 Å². The molecule has 27 heavy (non-hydrogen) atoms. The van der Waals surface area contributed by atoms with Gasteiger partial charge in [-0.05, 0) is 104 Å². The van der Waals surface area contributed by atoms with Crippen LogP contribution in [-0.4, -0.2) is 18.9 Å². The zero-order valence-electron chi connectivity index (χ0n) is 18.3. The quantitative estimate of drug-likeness (QED) is 0.708. The molecule has 0 bridgehead atoms. The molecule has 4 fully saturated rings. The molecule has 0 unspecified atom stereocenters. The van der Waals surface area contributed by atoms with Crippen LogP contribution in [0.3, 0.4) is 0 Å². The van der Waals surface area contributed by atoms with Gasteiger partial charge in [0.15, 0.2) is 5.78 Å². The number of carbonyl (C=O) groups excluding carboxylic acids is 1. The molecule has 0 aromatic heterocycles. The van der Waals surface area contributed by atoms with Gasteiger partial charge in [0, 0.05) is 11.5 Å². The van der Waals surface area contributed by atoms with Crippen LogP contribution in [0.2, 0.25) is 0 Å². The molecule has 0 saturated heterocycles. The minimum absolute atomic E-state index is 0.163. The van der Waals surface area contributed by atoms with Gasteiger partial charge >= 0.3 is 0 Å². The lowest BCUT2D eigenvalue weighted by Crippen LogP contribution is -2.57. The van der Waals surface area contributed by atoms with E-state index in [9.17, 15) is 4.79 Å². The maximum atomic E-state index is 12.6. The zero-order chi connectivity index (χ0) is 19.5. The van der Waals surface area contributed by atoms with Crippen LogP contribution in [0.1, 0.15) is 79.6 Å². The van der Waals surface area contributed by atoms with Crippen LogP contribution in [-0.2, 0) is 4.79 Å². The summed E-state index contributed by atoms with van der Waals surface area (Å²) in [6.45, 7) is 12.2. The lowest BCUT2D eigenvalue weighted by Gasteiger charge is -2.62. The lowest BCUT2D eigenvalue weighted by atomic mass is 9.42. The molecular formula is C25H39NO. The summed E-state index contributed by atoms with van der Waals surface area (Å²) in [5.41, 5.74) is 1.60. The molecule has 5 aliphatic rings. The van der Waals surface area contributed by atoms with Crippen LogP contribution in [0.15, 0.2) is 12.2 Å². The van der Waals surface area contributed by atoms with Gasteiger partial charge in [-0.15, -0.1) is 0 Å². The molecule has 2 nitrogen and oxygen atoms in total. The van der Waals surface area contributed by atoms with E-state index in [0.29, 0.717) is 39.4 Å². The Morgan fingerprint density at radius 1 is 1.00 bits per heavy atom. The zero-order valence-corrected chi connectivity index (χ0v) is 18.3. The molecule has 5 aliphatic carbocycles. The van der Waals surface area contributed by atoms with Crippen LogP contribution in [0.5, 0.6) is 0 Å². The van der Waals surface area contributed by atoms with Gasteiger partial charge in [0.1, 0.15) is 0 Å². The van der Waals surface area contributed by atoms with Crippen molar-refractivity contribution in [3.8, 4) is 0 Å². The maximum absolute atomic E-state index is 12.6. The standard InChI is InChI=1S/C25H39NO/c1-16(26-6)17-9-11-23(5)19-8-7-18-21(2,3)20(27)10-12-24(18)15-25(19,24)14-13-22(17,23)4/h10,12,16-19,26H,7-9,11,13-15H2,1-6H3/t16-,17+,18-,19-,22+,23-,24+,25-/m0/s1. The minimum atomic E-state index is -0.163. The van der Waals surface area contributed by atoms with E-state index in [1.165, 1.54) is 44.9 Å². The molecule has 2 heteroatoms. The van der Waals surface area contributed by atoms with Gasteiger partial charge < -0.3 is 5.32 Å². The number of hydrogen-bond donors (Lipinski definition) is 1. The number of fused-ring (bicyclic) bond motifs is 2. The van der Waals surface area contributed by atoms with Gasteiger partial charge in [0.25, 0.3) is 0 Å². The fourth-order valence-corrected chi connectivity index (χ4v) is 9.66. The molecule has 8 atom stereocenters. The number of ketones is 1. The van der Waals surface area contributed by atoms with E-state index < -0.39 is 0 Å². The summed E-state index contributed by atoms with van der Waals surface area (Å²) in [5.74, 6) is 2.59. The topological polar surface area (TPSA) is 29.1 Å². The average Bonchev–Trinajstić information content (AvgIpc) is 3.21. The van der Waals surface area contributed by atoms with Gasteiger partial charge in [-0.3, -0.25) is 4.79 Å². The first kappa shape index (κ1) is 18.4. The average molecular weight is 370 g/mol. The summed E-state index contributed by atoms with van der Waals surface area (Å²) >= 11 is 0. The van der Waals surface area contributed by atoms with E-state index in [4.69, 9.17) is 0 Å². The Kier molecular flexibility index (Phi) is 3.47. The fraction of sp³-hybridized carbons (Fsp3) is 0.880. The highest BCUT2D eigenvalue weighted by molar-refractivity contribution is 5.96. The Bertz CT molecular complexity index is 724. The van der Waals surface area contributed by atoms with E-state index in [1.54, 1.807) is 0 Å². The third-order valence-corrected chi connectivity index (χ3v) is 11.5. The summed E-state index contributed by atoms with van der Waals surface area (Å²) < 4.78 is 0. The van der Waals surface area contributed by atoms with E-state index in [2.05, 4.69) is 53.1 Å². The van der Waals surface area contributed by atoms with Crippen LogP contribution in [0.25, 0.3) is 0 Å². The van der Waals surface area contributed by atoms with Crippen LogP contribution in [0, 0.1) is 44.8 Å². The molecule has 0 radical (unpaired) electrons. The fourth-order valence-electron chi connectivity index (χ4n) is 9.66. The summed E-state index contributed by atoms with van der Waals surface area (Å²) in [4.78, 5) is 12.6. The van der Waals surface area contributed by atoms with Crippen LogP contribution >= 0.6 is 0 Å². The van der Waals surface area contributed by atoms with Gasteiger partial charge in [-0.2, -0.15) is 0 Å². The number of carbonyl (C=O) groups is 1. The highest BCUT2D eigenvalue weighted by Gasteiger charge is 2.81. The van der Waals surface area contributed by atoms with Gasteiger partial charge in [-0.1, -0.05) is 33.8 Å². The second-order valence-electron chi connectivity index (χ2n) is 12.0. The molecule has 4 saturated carbocycles. The predicted molar refractivity (Wildman–Crippen MR) is 110 cm³/mol. The summed E-state index contributed by atoms with van der Waals surface area (Å²) in [6, 6.07) is 0.613. The second kappa shape index (κ2) is 5.10. The molecule has 0 amide bonds. The normalized spacial score (nSPS) is 55.9. The van der Waals surface area contributed by atoms with Gasteiger partial charge in [0.2, 0.25) is 0 Å². The number of hydrogen-bond acceptors (Lipinski definition) is 2. The summed E-state index contributed by atoms with van der Waals surface area (Å²) in [7, 11) is 2.14. The van der Waals surface area contributed by atoms with Crippen molar-refractivity contribution in [2.45, 2.75) is 85.6 Å². The molecule has 0 aromatic carbocycles. The lowest BCUT2D eigenvalue weighted by molar-refractivity contribution is -0.140. The van der Waals surface area contributed by atoms with Crippen LogP contribution in [0.4, 0.5) is 0 Å². The van der Waals surface area contributed by atoms with Crippen molar-refractivity contribution in [3.63, 3.8) is 0 Å². The third-order valence-electron chi connectivity index (χ3n) is 11.5. The SMILES string of the molecule is CN[C@@H](C)[C@H]1CC[C@@]2(C)[C@@H]3CC[C@H]4C(C)(C)C(=O)C=C[C@@]45C[C@@]35CC[C@]12C. The largest absolute Gasteiger partial charge is 0.317 e. The van der Waals surface area contributed by atoms with E-state index in [1.807, 2.05) is 6.08 Å². The Morgan fingerprint density at radius 2 is 1.70 bits per heavy atom. The molecule has 150 valence electrons. The first-order valence-electron chi connectivity index (χ1n) is 11.5. The van der Waals surface area contributed by atoms with Crippen molar-refractivity contribution in [1.29, 1.82) is 0 Å². The van der Waals surface area contributed by atoms with Crippen LogP contribution < -0.4 is 5.32 Å². The predicted octanol–water partition coefficient (Wildman–Crippen LogP) is 5.38. The number of rotatable bonds is 2. The molecule has 0 aliphatic heterocycles. The van der Waals surface area contributed by atoms with E-state index in [0.717, 1.165) is 11.8 Å². The van der Waals surface area contributed by atoms with Crippen molar-refractivity contribution in [2.24, 2.45) is 44.8 Å². The first-order valence-corrected chi connectivity index (χ1v) is 11.5. The smallest absolute Gasteiger partial charge is 0.161 e. The highest BCUT2D eigenvalue weighted by Crippen LogP contribution is 2.87. The van der Waals surface area contributed by atoms with E-state index >= 15 is 0 Å². The van der Waals surface area contributed by atoms with Crippen molar-refractivity contribution in [1.82, 2.24) is 5.32 Å². The Balaban J connectivity index is 1.55. The van der Waals surface area contributed by atoms with Gasteiger partial charge in [0.05, 0.1) is 0 Å². The molecule has 0 heterocycles. The molecule has 2 spiro atoms. The number of allylic oxidation sites excluding steroid dienone is 2. The summed E-state index contributed by atoms with van der Waals surface area (Å²) in [5, 5.41) is 3.59. The Hall–Kier alpha value is -0.630. The maximum Gasteiger partial charge on any atom is 0.161 e. The van der Waals surface area contributed by atoms with Crippen molar-refractivity contribution in [2.75, 3.05) is 7.05 Å². The molecule has 0 aromatic rings. The minimum Gasteiger partial charge on any atom is -0.317 e. The van der Waals surface area contributed by atoms with Crippen molar-refractivity contribution >= 4 is 5.78 Å². The third kappa shape index (κ3) is 1.82. The Morgan fingerprint density at radius 3 is 2.41 bits per heavy atom. The number of nitrogens with one attached hydrogen (secondary N) is 1. The first-order chi connectivity index (χ1) is 12.6. The molecule has 5 rings (SSSR count). The Labute approximate surface area is 165 Å². The van der Waals surface area contributed by atoms with Crippen molar-refractivity contribution in [3.05, 3.63) is 12.2 Å². The van der Waals surface area contributed by atoms with E-state index in [-0.39, 0.29) is 5.41 Å². The molecular weight excluding hydrogens is 330 g/mol. The second-order valence-corrected chi connectivity index (χ2v) is 12.0. The highest BCUT2D eigenvalue weighted by atomic mass is 16.1. The summed E-state index contributed by atoms with van der Waals surface area (Å²) in [6.07, 6.45) is 13.9.